The van der Waals surface area contributed by atoms with Crippen molar-refractivity contribution in [2.45, 2.75) is 70.4 Å². The van der Waals surface area contributed by atoms with Crippen molar-refractivity contribution in [1.82, 2.24) is 14.5 Å². The number of halogens is 2. The molecule has 8 heteroatoms. The molecule has 3 aromatic rings. The van der Waals surface area contributed by atoms with Crippen LogP contribution < -0.4 is 4.74 Å². The number of fused-ring (bicyclic) bond motifs is 1. The number of hydrogen-bond donors (Lipinski definition) is 0. The summed E-state index contributed by atoms with van der Waals surface area (Å²) in [5.41, 5.74) is 3.93. The minimum atomic E-state index is -0.591. The molecule has 0 N–H and O–H groups in total. The predicted molar refractivity (Wildman–Crippen MR) is 147 cm³/mol. The highest BCUT2D eigenvalue weighted by atomic mass is 19.1. The van der Waals surface area contributed by atoms with E-state index < -0.39 is 17.2 Å². The van der Waals surface area contributed by atoms with Crippen molar-refractivity contribution in [1.29, 1.82) is 0 Å². The van der Waals surface area contributed by atoms with Crippen molar-refractivity contribution < 1.29 is 18.4 Å². The maximum Gasteiger partial charge on any atom is 0.172 e. The highest BCUT2D eigenvalue weighted by Gasteiger charge is 2.51. The Hall–Kier alpha value is -3.68. The first-order valence-corrected chi connectivity index (χ1v) is 13.8. The van der Waals surface area contributed by atoms with E-state index in [-0.39, 0.29) is 11.6 Å². The lowest BCUT2D eigenvalue weighted by Gasteiger charge is -2.51. The van der Waals surface area contributed by atoms with Gasteiger partial charge in [-0.05, 0) is 99.4 Å². The number of rotatable bonds is 4. The van der Waals surface area contributed by atoms with E-state index in [0.29, 0.717) is 5.56 Å². The minimum Gasteiger partial charge on any atom is -0.495 e. The third-order valence-corrected chi connectivity index (χ3v) is 8.38. The Bertz CT molecular complexity index is 1430. The molecule has 1 aliphatic carbocycles. The van der Waals surface area contributed by atoms with E-state index >= 15 is 0 Å². The molecule has 0 amide bonds. The highest BCUT2D eigenvalue weighted by Crippen LogP contribution is 2.49. The number of amidine groups is 1. The lowest BCUT2D eigenvalue weighted by Crippen LogP contribution is -2.55. The topological polar surface area (TPSA) is 51.9 Å². The van der Waals surface area contributed by atoms with Gasteiger partial charge in [-0.25, -0.2) is 13.8 Å². The van der Waals surface area contributed by atoms with Gasteiger partial charge in [0.2, 0.25) is 0 Å². The van der Waals surface area contributed by atoms with Gasteiger partial charge in [0.05, 0.1) is 30.9 Å². The van der Waals surface area contributed by atoms with Crippen LogP contribution in [0, 0.1) is 25.5 Å². The molecule has 6 nitrogen and oxygen atoms in total. The number of aromatic nitrogens is 2. The molecule has 0 radical (unpaired) electrons. The molecular weight excluding hydrogens is 498 g/mol. The molecule has 0 unspecified atom stereocenters. The van der Waals surface area contributed by atoms with Crippen LogP contribution >= 0.6 is 0 Å². The van der Waals surface area contributed by atoms with Gasteiger partial charge in [-0.1, -0.05) is 17.6 Å². The second-order valence-corrected chi connectivity index (χ2v) is 11.0. The molecule has 0 bridgehead atoms. The number of methoxy groups -OCH3 is 1. The first-order chi connectivity index (χ1) is 18.9. The first-order valence-electron chi connectivity index (χ1n) is 13.8. The Balaban J connectivity index is 1.39. The maximum atomic E-state index is 14.8. The SMILES string of the molecule is COc1cc(/C=C2\CCCN3C2=NOC2(CCCCC2)[C@@H]3c2cc(F)c(C)c(F)c2)ccc1-n1cnc(C)c1. The van der Waals surface area contributed by atoms with Crippen molar-refractivity contribution in [3.8, 4) is 11.4 Å². The lowest BCUT2D eigenvalue weighted by atomic mass is 9.74. The summed E-state index contributed by atoms with van der Waals surface area (Å²) in [5.74, 6) is 0.444. The van der Waals surface area contributed by atoms with Crippen LogP contribution in [0.4, 0.5) is 8.78 Å². The van der Waals surface area contributed by atoms with E-state index in [0.717, 1.165) is 85.6 Å². The second kappa shape index (κ2) is 10.1. The maximum absolute atomic E-state index is 14.8. The first kappa shape index (κ1) is 25.6. The molecular formula is C31H34F2N4O2. The van der Waals surface area contributed by atoms with Gasteiger partial charge in [-0.3, -0.25) is 0 Å². The Morgan fingerprint density at radius 2 is 1.82 bits per heavy atom. The number of imidazole rings is 1. The summed E-state index contributed by atoms with van der Waals surface area (Å²) >= 11 is 0. The third-order valence-electron chi connectivity index (χ3n) is 8.38. The molecule has 2 aromatic carbocycles. The molecule has 3 heterocycles. The van der Waals surface area contributed by atoms with E-state index in [1.165, 1.54) is 19.1 Å². The average Bonchev–Trinajstić information content (AvgIpc) is 3.37. The Morgan fingerprint density at radius 3 is 2.51 bits per heavy atom. The van der Waals surface area contributed by atoms with Gasteiger partial charge in [0.1, 0.15) is 17.4 Å². The zero-order valence-corrected chi connectivity index (χ0v) is 22.7. The Labute approximate surface area is 227 Å². The molecule has 1 spiro atoms. The number of ether oxygens (including phenoxy) is 1. The molecule has 1 aromatic heterocycles. The summed E-state index contributed by atoms with van der Waals surface area (Å²) in [6, 6.07) is 8.75. The molecule has 2 aliphatic heterocycles. The van der Waals surface area contributed by atoms with Crippen molar-refractivity contribution >= 4 is 11.9 Å². The number of oxime groups is 1. The summed E-state index contributed by atoms with van der Waals surface area (Å²) < 4.78 is 37.3. The standard InChI is InChI=1S/C31H34F2N4O2/c1-20-18-36(19-34-20)27-10-9-22(15-28(27)38-3)14-23-8-7-13-37-29(24-16-25(32)21(2)26(33)17-24)31(39-35-30(23)37)11-5-4-6-12-31/h9-10,14-19,29H,4-8,11-13H2,1-3H3/b23-14+/t29-/m0/s1. The van der Waals surface area contributed by atoms with Crippen molar-refractivity contribution in [3.05, 3.63) is 82.4 Å². The zero-order valence-electron chi connectivity index (χ0n) is 22.7. The number of aryl methyl sites for hydroxylation is 1. The van der Waals surface area contributed by atoms with Crippen molar-refractivity contribution in [2.24, 2.45) is 5.16 Å². The Kier molecular flexibility index (Phi) is 6.65. The van der Waals surface area contributed by atoms with E-state index in [2.05, 4.69) is 16.0 Å². The third kappa shape index (κ3) is 4.60. The van der Waals surface area contributed by atoms with Gasteiger partial charge in [0.15, 0.2) is 11.4 Å². The van der Waals surface area contributed by atoms with E-state index in [4.69, 9.17) is 14.7 Å². The summed E-state index contributed by atoms with van der Waals surface area (Å²) in [5, 5.41) is 4.70. The monoisotopic (exact) mass is 532 g/mol. The average molecular weight is 533 g/mol. The largest absolute Gasteiger partial charge is 0.495 e. The van der Waals surface area contributed by atoms with Crippen LogP contribution in [-0.2, 0) is 4.84 Å². The lowest BCUT2D eigenvalue weighted by molar-refractivity contribution is -0.132. The fraction of sp³-hybridized carbons (Fsp3) is 0.419. The van der Waals surface area contributed by atoms with Crippen molar-refractivity contribution in [2.75, 3.05) is 13.7 Å². The van der Waals surface area contributed by atoms with Crippen LogP contribution in [0.3, 0.4) is 0 Å². The van der Waals surface area contributed by atoms with Crippen LogP contribution in [0.2, 0.25) is 0 Å². The Morgan fingerprint density at radius 1 is 1.05 bits per heavy atom. The normalized spacial score (nSPS) is 21.5. The van der Waals surface area contributed by atoms with Gasteiger partial charge >= 0.3 is 0 Å². The zero-order chi connectivity index (χ0) is 27.1. The predicted octanol–water partition coefficient (Wildman–Crippen LogP) is 7.04. The van der Waals surface area contributed by atoms with Crippen LogP contribution in [-0.4, -0.2) is 39.5 Å². The van der Waals surface area contributed by atoms with Crippen LogP contribution in [0.15, 0.2) is 53.6 Å². The number of hydrogen-bond acceptors (Lipinski definition) is 5. The fourth-order valence-corrected chi connectivity index (χ4v) is 6.38. The van der Waals surface area contributed by atoms with Gasteiger partial charge in [0.25, 0.3) is 0 Å². The molecule has 39 heavy (non-hydrogen) atoms. The smallest absolute Gasteiger partial charge is 0.172 e. The summed E-state index contributed by atoms with van der Waals surface area (Å²) in [4.78, 5) is 12.9. The summed E-state index contributed by atoms with van der Waals surface area (Å²) in [7, 11) is 1.66. The van der Waals surface area contributed by atoms with Gasteiger partial charge in [0, 0.05) is 18.3 Å². The molecule has 2 fully saturated rings. The van der Waals surface area contributed by atoms with Gasteiger partial charge in [-0.15, -0.1) is 0 Å². The van der Waals surface area contributed by atoms with E-state index in [1.807, 2.05) is 35.9 Å². The van der Waals surface area contributed by atoms with Gasteiger partial charge < -0.3 is 19.0 Å². The van der Waals surface area contributed by atoms with Crippen LogP contribution in [0.5, 0.6) is 5.75 Å². The minimum absolute atomic E-state index is 0.0459. The summed E-state index contributed by atoms with van der Waals surface area (Å²) in [6.07, 6.45) is 12.4. The van der Waals surface area contributed by atoms with E-state index in [1.54, 1.807) is 13.4 Å². The number of benzene rings is 2. The quantitative estimate of drug-likeness (QED) is 0.362. The van der Waals surface area contributed by atoms with Crippen molar-refractivity contribution in [3.63, 3.8) is 0 Å². The highest BCUT2D eigenvalue weighted by molar-refractivity contribution is 6.03. The molecule has 6 rings (SSSR count). The fourth-order valence-electron chi connectivity index (χ4n) is 6.38. The second-order valence-electron chi connectivity index (χ2n) is 11.0. The summed E-state index contributed by atoms with van der Waals surface area (Å²) in [6.45, 7) is 4.18. The molecule has 1 saturated carbocycles. The van der Waals surface area contributed by atoms with Crippen LogP contribution in [0.25, 0.3) is 11.8 Å². The number of piperidine rings is 1. The molecule has 1 saturated heterocycles. The molecule has 1 atom stereocenters. The van der Waals surface area contributed by atoms with E-state index in [9.17, 15) is 8.78 Å². The molecule has 3 aliphatic rings. The van der Waals surface area contributed by atoms with Gasteiger partial charge in [-0.2, -0.15) is 0 Å². The molecule has 204 valence electrons. The van der Waals surface area contributed by atoms with Crippen LogP contribution in [0.1, 0.15) is 73.4 Å². The number of nitrogens with zero attached hydrogens (tertiary/aromatic N) is 4.